The van der Waals surface area contributed by atoms with Crippen LogP contribution in [-0.2, 0) is 14.9 Å². The Hall–Kier alpha value is -3.15. The van der Waals surface area contributed by atoms with Crippen LogP contribution in [0.4, 0.5) is 5.69 Å². The molecule has 154 valence electrons. The number of esters is 1. The summed E-state index contributed by atoms with van der Waals surface area (Å²) in [7, 11) is 1.32. The maximum atomic E-state index is 12.4. The molecule has 0 saturated heterocycles. The molecule has 29 heavy (non-hydrogen) atoms. The van der Waals surface area contributed by atoms with Crippen molar-refractivity contribution >= 4 is 23.5 Å². The van der Waals surface area contributed by atoms with Gasteiger partial charge in [0.2, 0.25) is 5.91 Å². The second-order valence-electron chi connectivity index (χ2n) is 7.79. The zero-order valence-corrected chi connectivity index (χ0v) is 17.6. The highest BCUT2D eigenvalue weighted by atomic mass is 16.5. The van der Waals surface area contributed by atoms with Crippen molar-refractivity contribution in [2.24, 2.45) is 0 Å². The van der Waals surface area contributed by atoms with Gasteiger partial charge < -0.3 is 15.0 Å². The predicted octanol–water partition coefficient (Wildman–Crippen LogP) is 3.55. The fraction of sp³-hybridized carbons (Fsp3) is 0.348. The van der Waals surface area contributed by atoms with Crippen LogP contribution in [-0.4, -0.2) is 38.0 Å². The summed E-state index contributed by atoms with van der Waals surface area (Å²) in [5.74, 6) is -0.773. The Morgan fingerprint density at radius 3 is 1.97 bits per heavy atom. The van der Waals surface area contributed by atoms with E-state index in [1.54, 1.807) is 29.2 Å². The Morgan fingerprint density at radius 2 is 1.48 bits per heavy atom. The van der Waals surface area contributed by atoms with E-state index >= 15 is 0 Å². The maximum Gasteiger partial charge on any atom is 0.337 e. The van der Waals surface area contributed by atoms with Gasteiger partial charge in [0.15, 0.2) is 0 Å². The maximum absolute atomic E-state index is 12.4. The van der Waals surface area contributed by atoms with Crippen molar-refractivity contribution < 1.29 is 19.1 Å². The van der Waals surface area contributed by atoms with Crippen LogP contribution in [0.2, 0.25) is 0 Å². The van der Waals surface area contributed by atoms with E-state index in [0.717, 1.165) is 5.56 Å². The highest BCUT2D eigenvalue weighted by Crippen LogP contribution is 2.22. The summed E-state index contributed by atoms with van der Waals surface area (Å²) < 4.78 is 4.68. The highest BCUT2D eigenvalue weighted by Gasteiger charge is 2.16. The SMILES string of the molecule is COC(=O)c1ccc(N(CCNC(=O)c2ccc(C(C)(C)C)cc2)C(C)=O)cc1. The molecule has 0 radical (unpaired) electrons. The number of hydrogen-bond acceptors (Lipinski definition) is 4. The van der Waals surface area contributed by atoms with Gasteiger partial charge in [0, 0.05) is 31.3 Å². The number of nitrogens with one attached hydrogen (secondary N) is 1. The van der Waals surface area contributed by atoms with E-state index in [-0.39, 0.29) is 17.2 Å². The van der Waals surface area contributed by atoms with Gasteiger partial charge in [0.25, 0.3) is 5.91 Å². The number of carbonyl (C=O) groups is 3. The normalized spacial score (nSPS) is 10.9. The molecule has 0 saturated carbocycles. The van der Waals surface area contributed by atoms with Crippen molar-refractivity contribution in [3.63, 3.8) is 0 Å². The van der Waals surface area contributed by atoms with Gasteiger partial charge in [-0.2, -0.15) is 0 Å². The Balaban J connectivity index is 1.98. The molecule has 6 heteroatoms. The Kier molecular flexibility index (Phi) is 7.15. The number of nitrogens with zero attached hydrogens (tertiary/aromatic N) is 1. The number of rotatable bonds is 6. The van der Waals surface area contributed by atoms with E-state index in [0.29, 0.717) is 29.9 Å². The third-order valence-corrected chi connectivity index (χ3v) is 4.61. The molecule has 0 aromatic heterocycles. The van der Waals surface area contributed by atoms with Crippen LogP contribution in [0, 0.1) is 0 Å². The zero-order chi connectivity index (χ0) is 21.6. The summed E-state index contributed by atoms with van der Waals surface area (Å²) in [5, 5.41) is 2.84. The molecule has 0 spiro atoms. The number of hydrogen-bond donors (Lipinski definition) is 1. The van der Waals surface area contributed by atoms with Crippen molar-refractivity contribution in [1.82, 2.24) is 5.32 Å². The van der Waals surface area contributed by atoms with Gasteiger partial charge in [-0.05, 0) is 47.4 Å². The van der Waals surface area contributed by atoms with E-state index in [9.17, 15) is 14.4 Å². The third-order valence-electron chi connectivity index (χ3n) is 4.61. The summed E-state index contributed by atoms with van der Waals surface area (Å²) >= 11 is 0. The first-order chi connectivity index (χ1) is 13.6. The second kappa shape index (κ2) is 9.37. The molecular formula is C23H28N2O4. The lowest BCUT2D eigenvalue weighted by Crippen LogP contribution is -2.37. The Morgan fingerprint density at radius 1 is 0.931 bits per heavy atom. The fourth-order valence-corrected chi connectivity index (χ4v) is 2.87. The summed E-state index contributed by atoms with van der Waals surface area (Å²) in [6.45, 7) is 8.45. The largest absolute Gasteiger partial charge is 0.465 e. The lowest BCUT2D eigenvalue weighted by molar-refractivity contribution is -0.116. The first kappa shape index (κ1) is 22.1. The average molecular weight is 396 g/mol. The molecule has 6 nitrogen and oxygen atoms in total. The predicted molar refractivity (Wildman–Crippen MR) is 113 cm³/mol. The first-order valence-corrected chi connectivity index (χ1v) is 9.48. The highest BCUT2D eigenvalue weighted by molar-refractivity contribution is 5.95. The quantitative estimate of drug-likeness (QED) is 0.758. The molecule has 0 unspecified atom stereocenters. The molecule has 0 bridgehead atoms. The number of ether oxygens (including phenoxy) is 1. The van der Waals surface area contributed by atoms with Crippen molar-refractivity contribution in [2.45, 2.75) is 33.1 Å². The molecule has 2 aromatic rings. The lowest BCUT2D eigenvalue weighted by Gasteiger charge is -2.22. The van der Waals surface area contributed by atoms with Gasteiger partial charge >= 0.3 is 5.97 Å². The number of methoxy groups -OCH3 is 1. The van der Waals surface area contributed by atoms with Gasteiger partial charge in [-0.3, -0.25) is 9.59 Å². The Labute approximate surface area is 171 Å². The monoisotopic (exact) mass is 396 g/mol. The number of carbonyl (C=O) groups excluding carboxylic acids is 3. The molecule has 0 fully saturated rings. The van der Waals surface area contributed by atoms with Crippen LogP contribution in [0.1, 0.15) is 54.0 Å². The van der Waals surface area contributed by atoms with E-state index in [4.69, 9.17) is 0 Å². The van der Waals surface area contributed by atoms with Crippen LogP contribution in [0.5, 0.6) is 0 Å². The Bertz CT molecular complexity index is 865. The van der Waals surface area contributed by atoms with E-state index in [1.807, 2.05) is 24.3 Å². The minimum Gasteiger partial charge on any atom is -0.465 e. The zero-order valence-electron chi connectivity index (χ0n) is 17.6. The van der Waals surface area contributed by atoms with Crippen LogP contribution < -0.4 is 10.2 Å². The molecule has 0 atom stereocenters. The number of anilines is 1. The molecular weight excluding hydrogens is 368 g/mol. The van der Waals surface area contributed by atoms with Crippen LogP contribution in [0.25, 0.3) is 0 Å². The minimum atomic E-state index is -0.435. The molecule has 2 amide bonds. The second-order valence-corrected chi connectivity index (χ2v) is 7.79. The number of amides is 2. The summed E-state index contributed by atoms with van der Waals surface area (Å²) in [5.41, 5.74) is 2.82. The van der Waals surface area contributed by atoms with Crippen molar-refractivity contribution in [3.05, 3.63) is 65.2 Å². The molecule has 0 aliphatic rings. The third kappa shape index (κ3) is 5.91. The van der Waals surface area contributed by atoms with Crippen molar-refractivity contribution in [1.29, 1.82) is 0 Å². The van der Waals surface area contributed by atoms with Crippen LogP contribution >= 0.6 is 0 Å². The molecule has 2 rings (SSSR count). The lowest BCUT2D eigenvalue weighted by atomic mass is 9.87. The molecule has 2 aromatic carbocycles. The first-order valence-electron chi connectivity index (χ1n) is 9.48. The van der Waals surface area contributed by atoms with Crippen molar-refractivity contribution in [3.8, 4) is 0 Å². The summed E-state index contributed by atoms with van der Waals surface area (Å²) in [4.78, 5) is 37.5. The summed E-state index contributed by atoms with van der Waals surface area (Å²) in [6, 6.07) is 14.1. The molecule has 1 N–H and O–H groups in total. The average Bonchev–Trinajstić information content (AvgIpc) is 2.69. The van der Waals surface area contributed by atoms with Gasteiger partial charge in [-0.1, -0.05) is 32.9 Å². The fourth-order valence-electron chi connectivity index (χ4n) is 2.87. The minimum absolute atomic E-state index is 0.0282. The van der Waals surface area contributed by atoms with Gasteiger partial charge in [-0.15, -0.1) is 0 Å². The topological polar surface area (TPSA) is 75.7 Å². The number of benzene rings is 2. The van der Waals surface area contributed by atoms with Crippen molar-refractivity contribution in [2.75, 3.05) is 25.1 Å². The molecule has 0 aliphatic carbocycles. The van der Waals surface area contributed by atoms with Gasteiger partial charge in [-0.25, -0.2) is 4.79 Å². The molecule has 0 aliphatic heterocycles. The van der Waals surface area contributed by atoms with Crippen LogP contribution in [0.3, 0.4) is 0 Å². The van der Waals surface area contributed by atoms with Crippen LogP contribution in [0.15, 0.2) is 48.5 Å². The van der Waals surface area contributed by atoms with E-state index in [2.05, 4.69) is 30.8 Å². The van der Waals surface area contributed by atoms with E-state index in [1.165, 1.54) is 14.0 Å². The van der Waals surface area contributed by atoms with Gasteiger partial charge in [0.05, 0.1) is 12.7 Å². The standard InChI is InChI=1S/C23H28N2O4/c1-16(26)25(20-12-8-18(9-13-20)22(28)29-5)15-14-24-21(27)17-6-10-19(11-7-17)23(2,3)4/h6-13H,14-15H2,1-5H3,(H,24,27). The molecule has 0 heterocycles. The van der Waals surface area contributed by atoms with E-state index < -0.39 is 5.97 Å². The summed E-state index contributed by atoms with van der Waals surface area (Å²) in [6.07, 6.45) is 0. The smallest absolute Gasteiger partial charge is 0.337 e. The van der Waals surface area contributed by atoms with Gasteiger partial charge in [0.1, 0.15) is 0 Å².